The van der Waals surface area contributed by atoms with Crippen LogP contribution >= 0.6 is 11.8 Å². The number of rotatable bonds is 9. The molecule has 1 N–H and O–H groups in total. The Bertz CT molecular complexity index is 1060. The lowest BCUT2D eigenvalue weighted by molar-refractivity contribution is -0.113. The smallest absolute Gasteiger partial charge is 0.262 e. The van der Waals surface area contributed by atoms with Crippen LogP contribution in [0.5, 0.6) is 0 Å². The minimum atomic E-state index is -0.124. The number of hydrogen-bond acceptors (Lipinski definition) is 5. The van der Waals surface area contributed by atoms with Gasteiger partial charge in [0.15, 0.2) is 5.16 Å². The number of fused-ring (bicyclic) bond motifs is 1. The molecule has 0 bridgehead atoms. The van der Waals surface area contributed by atoms with Crippen molar-refractivity contribution in [1.29, 1.82) is 0 Å². The zero-order valence-corrected chi connectivity index (χ0v) is 18.5. The molecule has 1 aromatic heterocycles. The average molecular weight is 425 g/mol. The molecule has 3 rings (SSSR count). The fourth-order valence-corrected chi connectivity index (χ4v) is 4.18. The summed E-state index contributed by atoms with van der Waals surface area (Å²) < 4.78 is 1.67. The van der Waals surface area contributed by atoms with E-state index in [1.807, 2.05) is 49.4 Å². The third-order valence-electron chi connectivity index (χ3n) is 4.89. The summed E-state index contributed by atoms with van der Waals surface area (Å²) in [5.74, 6) is 0.0628. The summed E-state index contributed by atoms with van der Waals surface area (Å²) in [4.78, 5) is 32.2. The molecule has 7 heteroatoms. The number of carbonyl (C=O) groups is 1. The van der Waals surface area contributed by atoms with Crippen molar-refractivity contribution in [2.24, 2.45) is 0 Å². The van der Waals surface area contributed by atoms with Crippen LogP contribution in [0, 0.1) is 0 Å². The van der Waals surface area contributed by atoms with Crippen LogP contribution in [0.25, 0.3) is 10.9 Å². The summed E-state index contributed by atoms with van der Waals surface area (Å²) in [5.41, 5.74) is 2.49. The lowest BCUT2D eigenvalue weighted by Gasteiger charge is -2.21. The number of thioether (sulfide) groups is 1. The number of nitrogens with one attached hydrogen (secondary N) is 1. The summed E-state index contributed by atoms with van der Waals surface area (Å²) in [6.07, 6.45) is 0.818. The Kier molecular flexibility index (Phi) is 7.52. The quantitative estimate of drug-likeness (QED) is 0.408. The Balaban J connectivity index is 1.70. The van der Waals surface area contributed by atoms with Crippen LogP contribution in [0.4, 0.5) is 11.4 Å². The van der Waals surface area contributed by atoms with Crippen molar-refractivity contribution in [1.82, 2.24) is 9.55 Å². The number of amides is 1. The van der Waals surface area contributed by atoms with Crippen LogP contribution < -0.4 is 15.8 Å². The highest BCUT2D eigenvalue weighted by atomic mass is 32.2. The number of hydrogen-bond donors (Lipinski definition) is 1. The lowest BCUT2D eigenvalue weighted by atomic mass is 10.2. The number of carbonyl (C=O) groups excluding carboxylic acids is 1. The molecule has 0 fully saturated rings. The summed E-state index contributed by atoms with van der Waals surface area (Å²) in [5, 5.41) is 4.11. The van der Waals surface area contributed by atoms with Gasteiger partial charge >= 0.3 is 0 Å². The highest BCUT2D eigenvalue weighted by Gasteiger charge is 2.13. The lowest BCUT2D eigenvalue weighted by Crippen LogP contribution is -2.24. The minimum absolute atomic E-state index is 0.0580. The van der Waals surface area contributed by atoms with Gasteiger partial charge in [0, 0.05) is 31.0 Å². The van der Waals surface area contributed by atoms with Crippen molar-refractivity contribution >= 4 is 39.9 Å². The van der Waals surface area contributed by atoms with Crippen molar-refractivity contribution in [2.45, 2.75) is 38.9 Å². The van der Waals surface area contributed by atoms with Gasteiger partial charge in [-0.25, -0.2) is 4.98 Å². The molecule has 158 valence electrons. The van der Waals surface area contributed by atoms with Crippen LogP contribution in [0.2, 0.25) is 0 Å². The van der Waals surface area contributed by atoms with Gasteiger partial charge in [0.2, 0.25) is 5.91 Å². The Labute approximate surface area is 181 Å². The molecule has 30 heavy (non-hydrogen) atoms. The van der Waals surface area contributed by atoms with Crippen LogP contribution in [0.1, 0.15) is 27.2 Å². The minimum Gasteiger partial charge on any atom is -0.372 e. The maximum atomic E-state index is 12.8. The van der Waals surface area contributed by atoms with E-state index < -0.39 is 0 Å². The number of para-hydroxylation sites is 1. The Morgan fingerprint density at radius 2 is 1.77 bits per heavy atom. The van der Waals surface area contributed by atoms with E-state index in [-0.39, 0.29) is 17.2 Å². The van der Waals surface area contributed by atoms with Gasteiger partial charge < -0.3 is 10.2 Å². The number of anilines is 2. The SMILES string of the molecule is CCCn1c(SCC(=O)Nc2ccc(N(CC)CC)cc2)nc2ccccc2c1=O. The molecule has 0 aliphatic heterocycles. The maximum absolute atomic E-state index is 12.8. The molecule has 6 nitrogen and oxygen atoms in total. The van der Waals surface area contributed by atoms with Gasteiger partial charge in [0.05, 0.1) is 16.7 Å². The Hall–Kier alpha value is -2.80. The van der Waals surface area contributed by atoms with Crippen molar-refractivity contribution < 1.29 is 4.79 Å². The van der Waals surface area contributed by atoms with Crippen LogP contribution in [0.3, 0.4) is 0 Å². The first-order valence-corrected chi connectivity index (χ1v) is 11.3. The fraction of sp³-hybridized carbons (Fsp3) is 0.348. The summed E-state index contributed by atoms with van der Waals surface area (Å²) in [6, 6.07) is 15.2. The van der Waals surface area contributed by atoms with E-state index in [2.05, 4.69) is 29.0 Å². The molecule has 1 amide bonds. The largest absolute Gasteiger partial charge is 0.372 e. The Morgan fingerprint density at radius 1 is 1.07 bits per heavy atom. The van der Waals surface area contributed by atoms with Crippen molar-refractivity contribution in [3.63, 3.8) is 0 Å². The van der Waals surface area contributed by atoms with Crippen molar-refractivity contribution in [2.75, 3.05) is 29.1 Å². The van der Waals surface area contributed by atoms with Crippen molar-refractivity contribution in [3.8, 4) is 0 Å². The fourth-order valence-electron chi connectivity index (χ4n) is 3.35. The summed E-state index contributed by atoms with van der Waals surface area (Å²) in [7, 11) is 0. The van der Waals surface area contributed by atoms with E-state index in [0.29, 0.717) is 22.6 Å². The van der Waals surface area contributed by atoms with Crippen LogP contribution in [-0.4, -0.2) is 34.3 Å². The summed E-state index contributed by atoms with van der Waals surface area (Å²) >= 11 is 1.29. The van der Waals surface area contributed by atoms with E-state index in [1.165, 1.54) is 11.8 Å². The van der Waals surface area contributed by atoms with Gasteiger partial charge in [0.1, 0.15) is 0 Å². The molecule has 1 heterocycles. The number of aromatic nitrogens is 2. The van der Waals surface area contributed by atoms with Gasteiger partial charge in [-0.3, -0.25) is 14.2 Å². The molecule has 2 aromatic carbocycles. The third-order valence-corrected chi connectivity index (χ3v) is 5.86. The molecule has 0 radical (unpaired) electrons. The van der Waals surface area contributed by atoms with Crippen LogP contribution in [-0.2, 0) is 11.3 Å². The highest BCUT2D eigenvalue weighted by Crippen LogP contribution is 2.20. The average Bonchev–Trinajstić information content (AvgIpc) is 2.76. The molecule has 0 aliphatic rings. The maximum Gasteiger partial charge on any atom is 0.262 e. The van der Waals surface area contributed by atoms with Crippen LogP contribution in [0.15, 0.2) is 58.5 Å². The molecule has 0 saturated carbocycles. The van der Waals surface area contributed by atoms with E-state index in [1.54, 1.807) is 10.6 Å². The molecule has 0 atom stereocenters. The molecular weight excluding hydrogens is 396 g/mol. The van der Waals surface area contributed by atoms with E-state index in [9.17, 15) is 9.59 Å². The molecule has 0 unspecified atom stereocenters. The zero-order valence-electron chi connectivity index (χ0n) is 17.7. The molecular formula is C23H28N4O2S. The van der Waals surface area contributed by atoms with Gasteiger partial charge in [-0.1, -0.05) is 30.8 Å². The van der Waals surface area contributed by atoms with Gasteiger partial charge in [-0.2, -0.15) is 0 Å². The van der Waals surface area contributed by atoms with Gasteiger partial charge in [0.25, 0.3) is 5.56 Å². The number of benzene rings is 2. The number of nitrogens with zero attached hydrogens (tertiary/aromatic N) is 3. The Morgan fingerprint density at radius 3 is 2.43 bits per heavy atom. The molecule has 0 saturated heterocycles. The first kappa shape index (κ1) is 21.9. The van der Waals surface area contributed by atoms with Gasteiger partial charge in [-0.05, 0) is 56.7 Å². The van der Waals surface area contributed by atoms with Crippen molar-refractivity contribution in [3.05, 3.63) is 58.9 Å². The highest BCUT2D eigenvalue weighted by molar-refractivity contribution is 7.99. The molecule has 3 aromatic rings. The zero-order chi connectivity index (χ0) is 21.5. The normalized spacial score (nSPS) is 10.9. The van der Waals surface area contributed by atoms with E-state index in [0.717, 1.165) is 30.9 Å². The monoisotopic (exact) mass is 424 g/mol. The second kappa shape index (κ2) is 10.3. The molecule has 0 aliphatic carbocycles. The first-order valence-electron chi connectivity index (χ1n) is 10.3. The predicted octanol–water partition coefficient (Wildman–Crippen LogP) is 4.38. The third kappa shape index (κ3) is 5.02. The topological polar surface area (TPSA) is 67.2 Å². The van der Waals surface area contributed by atoms with Gasteiger partial charge in [-0.15, -0.1) is 0 Å². The predicted molar refractivity (Wildman–Crippen MR) is 126 cm³/mol. The van der Waals surface area contributed by atoms with E-state index in [4.69, 9.17) is 0 Å². The first-order chi connectivity index (χ1) is 14.6. The second-order valence-corrected chi connectivity index (χ2v) is 7.87. The molecule has 0 spiro atoms. The van der Waals surface area contributed by atoms with E-state index >= 15 is 0 Å². The second-order valence-electron chi connectivity index (χ2n) is 6.92. The standard InChI is InChI=1S/C23H28N4O2S/c1-4-15-27-22(29)19-9-7-8-10-20(19)25-23(27)30-16-21(28)24-17-11-13-18(14-12-17)26(5-2)6-3/h7-14H,4-6,15-16H2,1-3H3,(H,24,28). The summed E-state index contributed by atoms with van der Waals surface area (Å²) in [6.45, 7) is 8.72.